The lowest BCUT2D eigenvalue weighted by Crippen LogP contribution is -2.57. The molecule has 0 amide bonds. The van der Waals surface area contributed by atoms with Crippen molar-refractivity contribution in [3.05, 3.63) is 24.0 Å². The number of rotatable bonds is 10. The van der Waals surface area contributed by atoms with E-state index < -0.39 is 17.6 Å². The summed E-state index contributed by atoms with van der Waals surface area (Å²) in [6.45, 7) is 0. The maximum atomic E-state index is 11.8. The molecule has 2 aliphatic carbocycles. The molecule has 7 heteroatoms. The zero-order valence-corrected chi connectivity index (χ0v) is 17.2. The molecule has 1 aromatic rings. The standard InChI is InChI=1S/C21H32N2O4S/c22-19(14-28-13-15-7-8-15)21(26,20(24)25)12-16-11-18(9-10-23-16)27-17-5-3-1-2-4-6-17/h9-11,15,17,19,26H,1-8,12-14,22H2,(H,24,25). The minimum Gasteiger partial charge on any atom is -0.490 e. The smallest absolute Gasteiger partial charge is 0.337 e. The number of nitrogens with two attached hydrogens (primary N) is 1. The Morgan fingerprint density at radius 3 is 2.64 bits per heavy atom. The molecule has 0 spiro atoms. The van der Waals surface area contributed by atoms with Crippen LogP contribution in [-0.2, 0) is 11.2 Å². The van der Waals surface area contributed by atoms with Gasteiger partial charge in [0.25, 0.3) is 0 Å². The zero-order chi connectivity index (χ0) is 20.0. The third kappa shape index (κ3) is 6.09. The van der Waals surface area contributed by atoms with Crippen molar-refractivity contribution in [1.82, 2.24) is 4.98 Å². The monoisotopic (exact) mass is 408 g/mol. The summed E-state index contributed by atoms with van der Waals surface area (Å²) in [5, 5.41) is 20.5. The van der Waals surface area contributed by atoms with Gasteiger partial charge in [-0.3, -0.25) is 4.98 Å². The average molecular weight is 409 g/mol. The van der Waals surface area contributed by atoms with Crippen LogP contribution < -0.4 is 10.5 Å². The number of thioether (sulfide) groups is 1. The molecule has 0 aromatic carbocycles. The van der Waals surface area contributed by atoms with Crippen LogP contribution in [0, 0.1) is 5.92 Å². The number of carboxylic acids is 1. The van der Waals surface area contributed by atoms with E-state index in [2.05, 4.69) is 4.98 Å². The number of carbonyl (C=O) groups is 1. The SMILES string of the molecule is NC(CSCC1CC1)C(O)(Cc1cc(OC2CCCCCC2)ccn1)C(=O)O. The first kappa shape index (κ1) is 21.4. The molecule has 2 unspecified atom stereocenters. The Balaban J connectivity index is 1.62. The molecule has 6 nitrogen and oxygen atoms in total. The van der Waals surface area contributed by atoms with E-state index in [1.807, 2.05) is 0 Å². The van der Waals surface area contributed by atoms with Gasteiger partial charge in [0.05, 0.1) is 12.1 Å². The number of hydrogen-bond donors (Lipinski definition) is 3. The van der Waals surface area contributed by atoms with Crippen LogP contribution in [0.2, 0.25) is 0 Å². The van der Waals surface area contributed by atoms with Crippen molar-refractivity contribution in [2.45, 2.75) is 75.5 Å². The second-order valence-electron chi connectivity index (χ2n) is 8.21. The van der Waals surface area contributed by atoms with Crippen LogP contribution in [0.5, 0.6) is 5.75 Å². The van der Waals surface area contributed by atoms with Crippen LogP contribution >= 0.6 is 11.8 Å². The van der Waals surface area contributed by atoms with Crippen molar-refractivity contribution in [3.8, 4) is 5.75 Å². The number of aliphatic hydroxyl groups is 1. The van der Waals surface area contributed by atoms with E-state index in [4.69, 9.17) is 10.5 Å². The molecule has 3 rings (SSSR count). The first-order chi connectivity index (χ1) is 13.5. The van der Waals surface area contributed by atoms with Crippen LogP contribution in [0.4, 0.5) is 0 Å². The molecule has 0 radical (unpaired) electrons. The molecular formula is C21H32N2O4S. The summed E-state index contributed by atoms with van der Waals surface area (Å²) in [5.74, 6) is 1.50. The second kappa shape index (κ2) is 9.94. The number of nitrogens with zero attached hydrogens (tertiary/aromatic N) is 1. The van der Waals surface area contributed by atoms with E-state index in [-0.39, 0.29) is 12.5 Å². The summed E-state index contributed by atoms with van der Waals surface area (Å²) < 4.78 is 6.11. The fourth-order valence-electron chi connectivity index (χ4n) is 3.60. The highest BCUT2D eigenvalue weighted by Gasteiger charge is 2.43. The highest BCUT2D eigenvalue weighted by molar-refractivity contribution is 7.99. The second-order valence-corrected chi connectivity index (χ2v) is 9.28. The lowest BCUT2D eigenvalue weighted by Gasteiger charge is -2.29. The zero-order valence-electron chi connectivity index (χ0n) is 16.4. The summed E-state index contributed by atoms with van der Waals surface area (Å²) in [6.07, 6.45) is 11.1. The quantitative estimate of drug-likeness (QED) is 0.511. The molecule has 156 valence electrons. The highest BCUT2D eigenvalue weighted by atomic mass is 32.2. The van der Waals surface area contributed by atoms with Gasteiger partial charge in [0.2, 0.25) is 0 Å². The Kier molecular flexibility index (Phi) is 7.60. The van der Waals surface area contributed by atoms with Crippen molar-refractivity contribution < 1.29 is 19.7 Å². The maximum Gasteiger partial charge on any atom is 0.337 e. The lowest BCUT2D eigenvalue weighted by molar-refractivity contribution is -0.160. The summed E-state index contributed by atoms with van der Waals surface area (Å²) in [4.78, 5) is 16.1. The lowest BCUT2D eigenvalue weighted by atomic mass is 9.90. The summed E-state index contributed by atoms with van der Waals surface area (Å²) in [6, 6.07) is 2.67. The summed E-state index contributed by atoms with van der Waals surface area (Å²) in [7, 11) is 0. The maximum absolute atomic E-state index is 11.8. The predicted octanol–water partition coefficient (Wildman–Crippen LogP) is 3.01. The molecule has 4 N–H and O–H groups in total. The Labute approximate surface area is 171 Å². The normalized spacial score (nSPS) is 21.5. The van der Waals surface area contributed by atoms with Crippen LogP contribution in [0.25, 0.3) is 0 Å². The molecule has 1 aromatic heterocycles. The molecular weight excluding hydrogens is 376 g/mol. The predicted molar refractivity (Wildman–Crippen MR) is 111 cm³/mol. The van der Waals surface area contributed by atoms with E-state index in [1.54, 1.807) is 30.1 Å². The number of aliphatic carboxylic acids is 1. The molecule has 2 atom stereocenters. The van der Waals surface area contributed by atoms with Crippen LogP contribution in [-0.4, -0.2) is 50.4 Å². The Hall–Kier alpha value is -1.31. The van der Waals surface area contributed by atoms with E-state index in [0.717, 1.165) is 24.5 Å². The van der Waals surface area contributed by atoms with Gasteiger partial charge < -0.3 is 20.7 Å². The largest absolute Gasteiger partial charge is 0.490 e. The Morgan fingerprint density at radius 1 is 1.29 bits per heavy atom. The molecule has 2 saturated carbocycles. The highest BCUT2D eigenvalue weighted by Crippen LogP contribution is 2.33. The minimum atomic E-state index is -2.04. The van der Waals surface area contributed by atoms with E-state index in [9.17, 15) is 15.0 Å². The Morgan fingerprint density at radius 2 is 2.00 bits per heavy atom. The first-order valence-corrected chi connectivity index (χ1v) is 11.5. The van der Waals surface area contributed by atoms with Crippen molar-refractivity contribution in [2.75, 3.05) is 11.5 Å². The number of aromatic nitrogens is 1. The van der Waals surface area contributed by atoms with Gasteiger partial charge in [0.15, 0.2) is 5.60 Å². The van der Waals surface area contributed by atoms with Crippen LogP contribution in [0.1, 0.15) is 57.1 Å². The number of pyridine rings is 1. The van der Waals surface area contributed by atoms with Gasteiger partial charge in [-0.05, 0) is 56.3 Å². The van der Waals surface area contributed by atoms with E-state index in [0.29, 0.717) is 17.2 Å². The average Bonchev–Trinajstić information content (AvgIpc) is 3.49. The van der Waals surface area contributed by atoms with Gasteiger partial charge in [-0.25, -0.2) is 4.79 Å². The van der Waals surface area contributed by atoms with E-state index >= 15 is 0 Å². The van der Waals surface area contributed by atoms with Crippen molar-refractivity contribution in [3.63, 3.8) is 0 Å². The van der Waals surface area contributed by atoms with Crippen LogP contribution in [0.15, 0.2) is 18.3 Å². The molecule has 2 aliphatic rings. The number of ether oxygens (including phenoxy) is 1. The fourth-order valence-corrected chi connectivity index (χ4v) is 4.94. The third-order valence-electron chi connectivity index (χ3n) is 5.68. The summed E-state index contributed by atoms with van der Waals surface area (Å²) >= 11 is 1.62. The van der Waals surface area contributed by atoms with Crippen molar-refractivity contribution in [1.29, 1.82) is 0 Å². The minimum absolute atomic E-state index is 0.130. The number of carboxylic acid groups (broad SMARTS) is 1. The summed E-state index contributed by atoms with van der Waals surface area (Å²) in [5.41, 5.74) is 4.55. The topological polar surface area (TPSA) is 106 Å². The van der Waals surface area contributed by atoms with Crippen LogP contribution in [0.3, 0.4) is 0 Å². The molecule has 0 bridgehead atoms. The Bertz CT molecular complexity index is 647. The number of hydrogen-bond acceptors (Lipinski definition) is 6. The van der Waals surface area contributed by atoms with Gasteiger partial charge in [0.1, 0.15) is 5.75 Å². The van der Waals surface area contributed by atoms with Gasteiger partial charge in [-0.15, -0.1) is 0 Å². The molecule has 0 aliphatic heterocycles. The molecule has 1 heterocycles. The molecule has 28 heavy (non-hydrogen) atoms. The van der Waals surface area contributed by atoms with E-state index in [1.165, 1.54) is 38.5 Å². The van der Waals surface area contributed by atoms with Gasteiger partial charge in [-0.2, -0.15) is 11.8 Å². The molecule has 0 saturated heterocycles. The molecule has 2 fully saturated rings. The third-order valence-corrected chi connectivity index (χ3v) is 6.98. The van der Waals surface area contributed by atoms with Gasteiger partial charge in [-0.1, -0.05) is 12.8 Å². The van der Waals surface area contributed by atoms with Gasteiger partial charge in [0, 0.05) is 30.1 Å². The fraction of sp³-hybridized carbons (Fsp3) is 0.714. The first-order valence-electron chi connectivity index (χ1n) is 10.4. The van der Waals surface area contributed by atoms with Gasteiger partial charge >= 0.3 is 5.97 Å². The van der Waals surface area contributed by atoms with Crippen molar-refractivity contribution in [2.24, 2.45) is 11.7 Å². The van der Waals surface area contributed by atoms with Crippen molar-refractivity contribution >= 4 is 17.7 Å².